The average molecular weight is 372 g/mol. The summed E-state index contributed by atoms with van der Waals surface area (Å²) in [6.07, 6.45) is 1.45. The van der Waals surface area contributed by atoms with Crippen LogP contribution in [0.15, 0.2) is 71.3 Å². The number of hydrogen-bond donors (Lipinski definition) is 3. The van der Waals surface area contributed by atoms with Crippen molar-refractivity contribution >= 4 is 51.9 Å². The molecule has 3 rings (SSSR count). The van der Waals surface area contributed by atoms with Crippen LogP contribution >= 0.6 is 23.8 Å². The van der Waals surface area contributed by atoms with Gasteiger partial charge in [0.1, 0.15) is 0 Å². The maximum absolute atomic E-state index is 11.9. The third-order valence-electron chi connectivity index (χ3n) is 3.27. The van der Waals surface area contributed by atoms with Crippen LogP contribution < -0.4 is 16.0 Å². The first-order chi connectivity index (χ1) is 12.1. The van der Waals surface area contributed by atoms with Gasteiger partial charge in [-0.2, -0.15) is 0 Å². The van der Waals surface area contributed by atoms with E-state index >= 15 is 0 Å². The van der Waals surface area contributed by atoms with Crippen molar-refractivity contribution in [3.8, 4) is 0 Å². The Morgan fingerprint density at radius 3 is 2.20 bits per heavy atom. The number of carbonyl (C=O) groups is 1. The molecular formula is C18H14ClN3O2S. The van der Waals surface area contributed by atoms with E-state index in [1.165, 1.54) is 6.26 Å². The minimum absolute atomic E-state index is 0.257. The molecule has 0 unspecified atom stereocenters. The maximum atomic E-state index is 11.9. The van der Waals surface area contributed by atoms with Crippen molar-refractivity contribution in [2.75, 3.05) is 16.0 Å². The fourth-order valence-corrected chi connectivity index (χ4v) is 2.50. The molecule has 0 atom stereocenters. The van der Waals surface area contributed by atoms with Crippen LogP contribution in [-0.2, 0) is 0 Å². The summed E-state index contributed by atoms with van der Waals surface area (Å²) >= 11 is 11.4. The van der Waals surface area contributed by atoms with E-state index in [0.29, 0.717) is 15.8 Å². The lowest BCUT2D eigenvalue weighted by molar-refractivity contribution is 0.0996. The van der Waals surface area contributed by atoms with Crippen molar-refractivity contribution in [3.63, 3.8) is 0 Å². The maximum Gasteiger partial charge on any atom is 0.291 e. The second-order valence-corrected chi connectivity index (χ2v) is 5.88. The fourth-order valence-electron chi connectivity index (χ4n) is 2.08. The van der Waals surface area contributed by atoms with E-state index in [2.05, 4.69) is 16.0 Å². The number of carbonyl (C=O) groups excluding carboxylic acids is 1. The number of furan rings is 1. The highest BCUT2D eigenvalue weighted by Crippen LogP contribution is 2.21. The summed E-state index contributed by atoms with van der Waals surface area (Å²) in [7, 11) is 0. The Balaban J connectivity index is 1.58. The molecule has 2 aromatic carbocycles. The molecule has 0 spiro atoms. The molecule has 5 nitrogen and oxygen atoms in total. The second kappa shape index (κ2) is 7.83. The fraction of sp³-hybridized carbons (Fsp3) is 0. The number of thiocarbonyl (C=S) groups is 1. The van der Waals surface area contributed by atoms with E-state index in [4.69, 9.17) is 28.2 Å². The predicted octanol–water partition coefficient (Wildman–Crippen LogP) is 4.99. The summed E-state index contributed by atoms with van der Waals surface area (Å²) in [5, 5.41) is 9.84. The van der Waals surface area contributed by atoms with E-state index in [1.54, 1.807) is 42.5 Å². The van der Waals surface area contributed by atoms with Crippen LogP contribution in [0.2, 0.25) is 5.02 Å². The van der Waals surface area contributed by atoms with E-state index < -0.39 is 0 Å². The molecule has 7 heteroatoms. The average Bonchev–Trinajstić information content (AvgIpc) is 3.13. The van der Waals surface area contributed by atoms with Crippen molar-refractivity contribution in [1.29, 1.82) is 0 Å². The Bertz CT molecular complexity index is 880. The van der Waals surface area contributed by atoms with Gasteiger partial charge in [0.05, 0.1) is 17.0 Å². The molecule has 0 saturated heterocycles. The van der Waals surface area contributed by atoms with Gasteiger partial charge in [-0.25, -0.2) is 0 Å². The molecule has 25 heavy (non-hydrogen) atoms. The zero-order chi connectivity index (χ0) is 17.6. The van der Waals surface area contributed by atoms with Gasteiger partial charge < -0.3 is 20.4 Å². The van der Waals surface area contributed by atoms with Crippen LogP contribution in [0.4, 0.5) is 17.1 Å². The van der Waals surface area contributed by atoms with Crippen LogP contribution in [0.1, 0.15) is 10.6 Å². The normalized spacial score (nSPS) is 10.1. The van der Waals surface area contributed by atoms with Crippen molar-refractivity contribution in [3.05, 3.63) is 77.7 Å². The number of halogens is 1. The van der Waals surface area contributed by atoms with Gasteiger partial charge in [0.2, 0.25) is 0 Å². The molecule has 0 bridgehead atoms. The molecule has 0 fully saturated rings. The van der Waals surface area contributed by atoms with Crippen molar-refractivity contribution < 1.29 is 9.21 Å². The van der Waals surface area contributed by atoms with E-state index in [0.717, 1.165) is 11.4 Å². The standard InChI is InChI=1S/C18H14ClN3O2S/c19-14-4-1-2-5-15(14)22-18(25)21-13-9-7-12(8-10-13)20-17(23)16-6-3-11-24-16/h1-11H,(H,20,23)(H2,21,22,25). The molecular weight excluding hydrogens is 358 g/mol. The van der Waals surface area contributed by atoms with Crippen molar-refractivity contribution in [2.24, 2.45) is 0 Å². The molecule has 3 N–H and O–H groups in total. The lowest BCUT2D eigenvalue weighted by atomic mass is 10.2. The van der Waals surface area contributed by atoms with E-state index in [1.807, 2.05) is 18.2 Å². The number of anilines is 3. The summed E-state index contributed by atoms with van der Waals surface area (Å²) in [5.41, 5.74) is 2.15. The number of benzene rings is 2. The second-order valence-electron chi connectivity index (χ2n) is 5.07. The van der Waals surface area contributed by atoms with Gasteiger partial charge >= 0.3 is 0 Å². The van der Waals surface area contributed by atoms with Gasteiger partial charge in [-0.15, -0.1) is 0 Å². The zero-order valence-corrected chi connectivity index (χ0v) is 14.5. The highest BCUT2D eigenvalue weighted by atomic mass is 35.5. The van der Waals surface area contributed by atoms with Gasteiger partial charge in [-0.3, -0.25) is 4.79 Å². The smallest absolute Gasteiger partial charge is 0.291 e. The molecule has 0 aliphatic rings. The zero-order valence-electron chi connectivity index (χ0n) is 13.0. The van der Waals surface area contributed by atoms with Gasteiger partial charge in [-0.1, -0.05) is 23.7 Å². The van der Waals surface area contributed by atoms with Gasteiger partial charge in [0, 0.05) is 11.4 Å². The first-order valence-electron chi connectivity index (χ1n) is 7.39. The third kappa shape index (κ3) is 4.59. The van der Waals surface area contributed by atoms with Crippen LogP contribution in [-0.4, -0.2) is 11.0 Å². The minimum Gasteiger partial charge on any atom is -0.459 e. The molecule has 3 aromatic rings. The monoisotopic (exact) mass is 371 g/mol. The quantitative estimate of drug-likeness (QED) is 0.563. The lowest BCUT2D eigenvalue weighted by Gasteiger charge is -2.12. The number of hydrogen-bond acceptors (Lipinski definition) is 3. The first-order valence-corrected chi connectivity index (χ1v) is 8.18. The molecule has 1 heterocycles. The molecule has 1 aromatic heterocycles. The molecule has 0 radical (unpaired) electrons. The SMILES string of the molecule is O=C(Nc1ccc(NC(=S)Nc2ccccc2Cl)cc1)c1ccco1. The first kappa shape index (κ1) is 17.0. The van der Waals surface area contributed by atoms with Crippen LogP contribution in [0.3, 0.4) is 0 Å². The Kier molecular flexibility index (Phi) is 5.33. The summed E-state index contributed by atoms with van der Waals surface area (Å²) < 4.78 is 5.05. The number of amides is 1. The Morgan fingerprint density at radius 1 is 0.880 bits per heavy atom. The molecule has 126 valence electrons. The van der Waals surface area contributed by atoms with Crippen molar-refractivity contribution in [2.45, 2.75) is 0 Å². The predicted molar refractivity (Wildman–Crippen MR) is 104 cm³/mol. The van der Waals surface area contributed by atoms with Crippen LogP contribution in [0, 0.1) is 0 Å². The molecule has 0 aliphatic heterocycles. The molecule has 0 aliphatic carbocycles. The Labute approximate surface area is 155 Å². The summed E-state index contributed by atoms with van der Waals surface area (Å²) in [4.78, 5) is 11.9. The van der Waals surface area contributed by atoms with E-state index in [9.17, 15) is 4.79 Å². The summed E-state index contributed by atoms with van der Waals surface area (Å²) in [5.74, 6) is -0.0473. The van der Waals surface area contributed by atoms with Crippen molar-refractivity contribution in [1.82, 2.24) is 0 Å². The van der Waals surface area contributed by atoms with Crippen LogP contribution in [0.5, 0.6) is 0 Å². The van der Waals surface area contributed by atoms with Gasteiger partial charge in [0.15, 0.2) is 10.9 Å². The number of nitrogens with one attached hydrogen (secondary N) is 3. The highest BCUT2D eigenvalue weighted by Gasteiger charge is 2.08. The number of rotatable bonds is 4. The summed E-state index contributed by atoms with van der Waals surface area (Å²) in [6, 6.07) is 17.7. The van der Waals surface area contributed by atoms with Gasteiger partial charge in [-0.05, 0) is 60.7 Å². The Morgan fingerprint density at radius 2 is 1.56 bits per heavy atom. The van der Waals surface area contributed by atoms with Crippen LogP contribution in [0.25, 0.3) is 0 Å². The lowest BCUT2D eigenvalue weighted by Crippen LogP contribution is -2.19. The molecule has 0 saturated carbocycles. The highest BCUT2D eigenvalue weighted by molar-refractivity contribution is 7.80. The van der Waals surface area contributed by atoms with Gasteiger partial charge in [0.25, 0.3) is 5.91 Å². The summed E-state index contributed by atoms with van der Waals surface area (Å²) in [6.45, 7) is 0. The minimum atomic E-state index is -0.304. The topological polar surface area (TPSA) is 66.3 Å². The largest absolute Gasteiger partial charge is 0.459 e. The third-order valence-corrected chi connectivity index (χ3v) is 3.80. The molecule has 1 amide bonds. The number of para-hydroxylation sites is 1. The Hall–Kier alpha value is -2.83. The van der Waals surface area contributed by atoms with E-state index in [-0.39, 0.29) is 11.7 Å².